The zero-order valence-corrected chi connectivity index (χ0v) is 23.3. The van der Waals surface area contributed by atoms with E-state index in [9.17, 15) is 14.7 Å². The fourth-order valence-electron chi connectivity index (χ4n) is 3.98. The van der Waals surface area contributed by atoms with Crippen LogP contribution in [0.15, 0.2) is 29.7 Å². The molecule has 1 aromatic heterocycles. The minimum absolute atomic E-state index is 0.0566. The van der Waals surface area contributed by atoms with Crippen LogP contribution >= 0.6 is 11.3 Å². The minimum Gasteiger partial charge on any atom is -0.506 e. The maximum absolute atomic E-state index is 12.2. The number of carbonyl (C=O) groups excluding carboxylic acids is 2. The van der Waals surface area contributed by atoms with Crippen molar-refractivity contribution in [2.45, 2.75) is 39.2 Å². The van der Waals surface area contributed by atoms with Crippen molar-refractivity contribution < 1.29 is 43.1 Å². The number of hydrogen-bond donors (Lipinski definition) is 1. The van der Waals surface area contributed by atoms with Crippen LogP contribution in [0.25, 0.3) is 16.9 Å². The molecule has 0 saturated carbocycles. The van der Waals surface area contributed by atoms with E-state index in [1.807, 2.05) is 29.7 Å². The van der Waals surface area contributed by atoms with E-state index in [-0.39, 0.29) is 25.4 Å². The first-order valence-electron chi connectivity index (χ1n) is 12.9. The molecular weight excluding hydrogens is 526 g/mol. The van der Waals surface area contributed by atoms with Gasteiger partial charge in [-0.05, 0) is 44.5 Å². The van der Waals surface area contributed by atoms with Crippen molar-refractivity contribution in [3.63, 3.8) is 0 Å². The normalized spacial score (nSPS) is 16.0. The van der Waals surface area contributed by atoms with Gasteiger partial charge >= 0.3 is 11.9 Å². The third-order valence-corrected chi connectivity index (χ3v) is 6.85. The number of hydrogen-bond acceptors (Lipinski definition) is 11. The highest BCUT2D eigenvalue weighted by molar-refractivity contribution is 7.12. The zero-order chi connectivity index (χ0) is 27.8. The summed E-state index contributed by atoms with van der Waals surface area (Å²) in [5.41, 5.74) is 0.786. The Morgan fingerprint density at radius 3 is 2.49 bits per heavy atom. The standard InChI is InChI=1S/C28H35NO9S/c1-28(2,3)38-25(31)7-6-24(30)37-18-36-22(8-9-29-10-12-33-13-11-29)27-26(32)20(17-39-27)19-4-5-21-23(16-19)35-15-14-34-21/h4-5,8,16-17,32H,6-7,9-15,18H2,1-3H3/b22-8+. The lowest BCUT2D eigenvalue weighted by Crippen LogP contribution is -2.36. The van der Waals surface area contributed by atoms with Gasteiger partial charge in [0.15, 0.2) is 11.5 Å². The van der Waals surface area contributed by atoms with E-state index in [0.29, 0.717) is 60.7 Å². The molecule has 3 heterocycles. The number of esters is 2. The van der Waals surface area contributed by atoms with Crippen molar-refractivity contribution >= 4 is 29.0 Å². The van der Waals surface area contributed by atoms with E-state index in [2.05, 4.69) is 4.90 Å². The molecule has 1 aromatic carbocycles. The van der Waals surface area contributed by atoms with Gasteiger partial charge in [-0.25, -0.2) is 0 Å². The fraction of sp³-hybridized carbons (Fsp3) is 0.500. The first-order chi connectivity index (χ1) is 18.7. The monoisotopic (exact) mass is 561 g/mol. The Kier molecular flexibility index (Phi) is 9.71. The summed E-state index contributed by atoms with van der Waals surface area (Å²) in [4.78, 5) is 26.8. The zero-order valence-electron chi connectivity index (χ0n) is 22.5. The molecule has 0 atom stereocenters. The van der Waals surface area contributed by atoms with Crippen molar-refractivity contribution in [1.29, 1.82) is 0 Å². The molecule has 39 heavy (non-hydrogen) atoms. The fourth-order valence-corrected chi connectivity index (χ4v) is 4.95. The number of fused-ring (bicyclic) bond motifs is 1. The molecule has 11 heteroatoms. The molecule has 1 N–H and O–H groups in total. The summed E-state index contributed by atoms with van der Waals surface area (Å²) in [6.45, 7) is 9.33. The molecule has 2 aliphatic rings. The molecule has 0 spiro atoms. The Balaban J connectivity index is 1.43. The number of nitrogens with zero attached hydrogens (tertiary/aromatic N) is 1. The van der Waals surface area contributed by atoms with E-state index in [1.165, 1.54) is 11.3 Å². The van der Waals surface area contributed by atoms with Gasteiger partial charge in [0.25, 0.3) is 0 Å². The van der Waals surface area contributed by atoms with Crippen LogP contribution in [0.4, 0.5) is 0 Å². The second kappa shape index (κ2) is 13.2. The van der Waals surface area contributed by atoms with Crippen LogP contribution in [-0.2, 0) is 28.5 Å². The summed E-state index contributed by atoms with van der Waals surface area (Å²) < 4.78 is 33.0. The van der Waals surface area contributed by atoms with Gasteiger partial charge in [0.2, 0.25) is 6.79 Å². The average Bonchev–Trinajstić information content (AvgIpc) is 3.29. The maximum atomic E-state index is 12.2. The number of morpholine rings is 1. The van der Waals surface area contributed by atoms with Gasteiger partial charge in [-0.3, -0.25) is 14.5 Å². The summed E-state index contributed by atoms with van der Waals surface area (Å²) in [7, 11) is 0. The SMILES string of the molecule is CC(C)(C)OC(=O)CCC(=O)OCO/C(=C/CN1CCOCC1)c1scc(-c2ccc3c(c2)OCCO3)c1O. The van der Waals surface area contributed by atoms with Gasteiger partial charge < -0.3 is 33.5 Å². The number of thiophene rings is 1. The predicted octanol–water partition coefficient (Wildman–Crippen LogP) is 4.20. The second-order valence-corrected chi connectivity index (χ2v) is 10.9. The van der Waals surface area contributed by atoms with Crippen molar-refractivity contribution in [1.82, 2.24) is 4.90 Å². The van der Waals surface area contributed by atoms with E-state index < -0.39 is 17.5 Å². The van der Waals surface area contributed by atoms with Crippen LogP contribution in [-0.4, -0.2) is 80.4 Å². The first-order valence-corrected chi connectivity index (χ1v) is 13.8. The quantitative estimate of drug-likeness (QED) is 0.257. The number of benzene rings is 1. The lowest BCUT2D eigenvalue weighted by molar-refractivity contribution is -0.160. The molecule has 2 aliphatic heterocycles. The van der Waals surface area contributed by atoms with Crippen molar-refractivity contribution in [3.8, 4) is 28.4 Å². The van der Waals surface area contributed by atoms with Gasteiger partial charge in [0.1, 0.15) is 35.2 Å². The Bertz CT molecular complexity index is 1180. The van der Waals surface area contributed by atoms with E-state index in [4.69, 9.17) is 28.4 Å². The van der Waals surface area contributed by atoms with Crippen LogP contribution in [0.5, 0.6) is 17.2 Å². The third kappa shape index (κ3) is 8.35. The van der Waals surface area contributed by atoms with Gasteiger partial charge in [0, 0.05) is 30.6 Å². The second-order valence-electron chi connectivity index (χ2n) is 10.0. The molecule has 2 aromatic rings. The molecule has 0 unspecified atom stereocenters. The summed E-state index contributed by atoms with van der Waals surface area (Å²) >= 11 is 1.32. The lowest BCUT2D eigenvalue weighted by Gasteiger charge is -2.25. The molecule has 4 rings (SSSR count). The Labute approximate surface area is 232 Å². The summed E-state index contributed by atoms with van der Waals surface area (Å²) in [6, 6.07) is 5.52. The van der Waals surface area contributed by atoms with Crippen LogP contribution < -0.4 is 9.47 Å². The predicted molar refractivity (Wildman–Crippen MR) is 145 cm³/mol. The van der Waals surface area contributed by atoms with Gasteiger partial charge in [-0.2, -0.15) is 0 Å². The Morgan fingerprint density at radius 1 is 1.03 bits per heavy atom. The molecule has 1 saturated heterocycles. The van der Waals surface area contributed by atoms with Crippen molar-refractivity contribution in [3.05, 3.63) is 34.5 Å². The molecule has 0 bridgehead atoms. The van der Waals surface area contributed by atoms with E-state index in [1.54, 1.807) is 20.8 Å². The maximum Gasteiger partial charge on any atom is 0.309 e. The number of ether oxygens (including phenoxy) is 6. The van der Waals surface area contributed by atoms with Gasteiger partial charge in [-0.15, -0.1) is 11.3 Å². The Morgan fingerprint density at radius 2 is 1.74 bits per heavy atom. The summed E-state index contributed by atoms with van der Waals surface area (Å²) in [5, 5.41) is 13.0. The molecule has 212 valence electrons. The number of carbonyl (C=O) groups is 2. The van der Waals surface area contributed by atoms with Crippen LogP contribution in [0.2, 0.25) is 0 Å². The summed E-state index contributed by atoms with van der Waals surface area (Å²) in [5.74, 6) is 0.697. The lowest BCUT2D eigenvalue weighted by atomic mass is 10.1. The molecule has 10 nitrogen and oxygen atoms in total. The highest BCUT2D eigenvalue weighted by atomic mass is 32.1. The minimum atomic E-state index is -0.619. The average molecular weight is 562 g/mol. The van der Waals surface area contributed by atoms with Gasteiger partial charge in [-0.1, -0.05) is 6.07 Å². The topological polar surface area (TPSA) is 113 Å². The molecular formula is C28H35NO9S. The highest BCUT2D eigenvalue weighted by Gasteiger charge is 2.21. The molecule has 0 aliphatic carbocycles. The van der Waals surface area contributed by atoms with E-state index >= 15 is 0 Å². The summed E-state index contributed by atoms with van der Waals surface area (Å²) in [6.07, 6.45) is 1.66. The highest BCUT2D eigenvalue weighted by Crippen LogP contribution is 2.44. The Hall–Kier alpha value is -3.28. The molecule has 0 radical (unpaired) electrons. The first kappa shape index (κ1) is 28.7. The third-order valence-electron chi connectivity index (χ3n) is 5.87. The van der Waals surface area contributed by atoms with Crippen molar-refractivity contribution in [2.75, 3.05) is 52.9 Å². The largest absolute Gasteiger partial charge is 0.506 e. The molecule has 0 amide bonds. The number of aromatic hydroxyl groups is 1. The van der Waals surface area contributed by atoms with Crippen LogP contribution in [0.3, 0.4) is 0 Å². The van der Waals surface area contributed by atoms with E-state index in [0.717, 1.165) is 18.7 Å². The smallest absolute Gasteiger partial charge is 0.309 e. The van der Waals surface area contributed by atoms with Crippen LogP contribution in [0.1, 0.15) is 38.5 Å². The number of rotatable bonds is 10. The molecule has 1 fully saturated rings. The van der Waals surface area contributed by atoms with Gasteiger partial charge in [0.05, 0.1) is 26.1 Å². The van der Waals surface area contributed by atoms with Crippen molar-refractivity contribution in [2.24, 2.45) is 0 Å². The van der Waals surface area contributed by atoms with Crippen LogP contribution in [0, 0.1) is 0 Å².